The van der Waals surface area contributed by atoms with Crippen molar-refractivity contribution in [2.45, 2.75) is 6.10 Å². The maximum Gasteiger partial charge on any atom is 0.160 e. The Balaban J connectivity index is 2.42. The number of aliphatic hydroxyl groups excluding tert-OH is 1. The number of halogens is 4. The Morgan fingerprint density at radius 3 is 2.11 bits per heavy atom. The van der Waals surface area contributed by atoms with Crippen molar-refractivity contribution in [1.82, 2.24) is 0 Å². The minimum absolute atomic E-state index is 0.0312. The van der Waals surface area contributed by atoms with Crippen molar-refractivity contribution < 1.29 is 13.9 Å². The Bertz CT molecular complexity index is 570. The molecule has 0 aliphatic carbocycles. The Kier molecular flexibility index (Phi) is 3.85. The van der Waals surface area contributed by atoms with E-state index in [1.165, 1.54) is 0 Å². The summed E-state index contributed by atoms with van der Waals surface area (Å²) in [5.41, 5.74) is 0.602. The van der Waals surface area contributed by atoms with Gasteiger partial charge in [0.25, 0.3) is 0 Å². The first-order valence-electron chi connectivity index (χ1n) is 5.07. The van der Waals surface area contributed by atoms with Crippen molar-refractivity contribution in [3.63, 3.8) is 0 Å². The summed E-state index contributed by atoms with van der Waals surface area (Å²) in [5, 5.41) is 10.5. The van der Waals surface area contributed by atoms with E-state index in [9.17, 15) is 13.9 Å². The molecule has 5 heteroatoms. The second-order valence-electron chi connectivity index (χ2n) is 3.74. The monoisotopic (exact) mass is 288 g/mol. The summed E-state index contributed by atoms with van der Waals surface area (Å²) in [6, 6.07) is 8.08. The molecule has 0 bridgehead atoms. The van der Waals surface area contributed by atoms with Gasteiger partial charge in [0.1, 0.15) is 6.10 Å². The third-order valence-electron chi connectivity index (χ3n) is 2.52. The summed E-state index contributed by atoms with van der Waals surface area (Å²) in [6.07, 6.45) is -1.13. The predicted octanol–water partition coefficient (Wildman–Crippen LogP) is 4.35. The normalized spacial score (nSPS) is 12.5. The van der Waals surface area contributed by atoms with E-state index in [-0.39, 0.29) is 10.6 Å². The highest BCUT2D eigenvalue weighted by molar-refractivity contribution is 6.31. The molecule has 2 aromatic carbocycles. The molecule has 1 atom stereocenters. The van der Waals surface area contributed by atoms with E-state index in [1.54, 1.807) is 24.3 Å². The van der Waals surface area contributed by atoms with Gasteiger partial charge in [-0.3, -0.25) is 0 Å². The fourth-order valence-electron chi connectivity index (χ4n) is 1.57. The van der Waals surface area contributed by atoms with Gasteiger partial charge >= 0.3 is 0 Å². The van der Waals surface area contributed by atoms with E-state index in [0.717, 1.165) is 12.1 Å². The first-order valence-corrected chi connectivity index (χ1v) is 5.82. The lowest BCUT2D eigenvalue weighted by Crippen LogP contribution is -2.02. The third kappa shape index (κ3) is 2.64. The van der Waals surface area contributed by atoms with E-state index in [0.29, 0.717) is 10.6 Å². The molecule has 0 amide bonds. The maximum atomic E-state index is 13.1. The van der Waals surface area contributed by atoms with Crippen LogP contribution in [0.25, 0.3) is 0 Å². The Morgan fingerprint density at radius 2 is 1.50 bits per heavy atom. The van der Waals surface area contributed by atoms with Gasteiger partial charge in [-0.05, 0) is 29.8 Å². The zero-order valence-corrected chi connectivity index (χ0v) is 10.5. The molecule has 0 aliphatic rings. The highest BCUT2D eigenvalue weighted by atomic mass is 35.5. The summed E-state index contributed by atoms with van der Waals surface area (Å²) in [5.74, 6) is -2.10. The lowest BCUT2D eigenvalue weighted by molar-refractivity contribution is 0.219. The summed E-state index contributed by atoms with van der Waals surface area (Å²) in [4.78, 5) is 0. The minimum atomic E-state index is -1.13. The standard InChI is InChI=1S/C13H8Cl2F2O/c14-8-3-1-7(2-4-8)13(18)9-5-11(16)12(17)6-10(9)15/h1-6,13,18H. The fourth-order valence-corrected chi connectivity index (χ4v) is 1.95. The quantitative estimate of drug-likeness (QED) is 0.815. The topological polar surface area (TPSA) is 20.2 Å². The molecule has 1 unspecified atom stereocenters. The van der Waals surface area contributed by atoms with Gasteiger partial charge in [-0.1, -0.05) is 35.3 Å². The van der Waals surface area contributed by atoms with Crippen LogP contribution in [0.4, 0.5) is 8.78 Å². The van der Waals surface area contributed by atoms with E-state index in [2.05, 4.69) is 0 Å². The minimum Gasteiger partial charge on any atom is -0.384 e. The summed E-state index contributed by atoms with van der Waals surface area (Å²) >= 11 is 11.5. The summed E-state index contributed by atoms with van der Waals surface area (Å²) < 4.78 is 26.1. The van der Waals surface area contributed by atoms with E-state index >= 15 is 0 Å². The van der Waals surface area contributed by atoms with Crippen molar-refractivity contribution in [3.8, 4) is 0 Å². The van der Waals surface area contributed by atoms with Gasteiger partial charge in [-0.25, -0.2) is 8.78 Å². The van der Waals surface area contributed by atoms with Gasteiger partial charge < -0.3 is 5.11 Å². The largest absolute Gasteiger partial charge is 0.384 e. The second-order valence-corrected chi connectivity index (χ2v) is 4.59. The highest BCUT2D eigenvalue weighted by Crippen LogP contribution is 2.30. The molecule has 0 radical (unpaired) electrons. The Hall–Kier alpha value is -1.16. The molecule has 94 valence electrons. The van der Waals surface area contributed by atoms with Crippen LogP contribution in [0, 0.1) is 11.6 Å². The third-order valence-corrected chi connectivity index (χ3v) is 3.10. The second kappa shape index (κ2) is 5.22. The molecule has 1 nitrogen and oxygen atoms in total. The SMILES string of the molecule is OC(c1ccc(Cl)cc1)c1cc(F)c(F)cc1Cl. The molecule has 2 rings (SSSR count). The highest BCUT2D eigenvalue weighted by Gasteiger charge is 2.17. The Morgan fingerprint density at radius 1 is 0.944 bits per heavy atom. The molecule has 0 spiro atoms. The molecule has 0 aliphatic heterocycles. The van der Waals surface area contributed by atoms with Crippen LogP contribution in [0.2, 0.25) is 10.0 Å². The van der Waals surface area contributed by atoms with Crippen LogP contribution in [0.15, 0.2) is 36.4 Å². The molecular formula is C13H8Cl2F2O. The van der Waals surface area contributed by atoms with Crippen molar-refractivity contribution in [2.24, 2.45) is 0 Å². The van der Waals surface area contributed by atoms with Crippen LogP contribution in [0.5, 0.6) is 0 Å². The molecule has 2 aromatic rings. The van der Waals surface area contributed by atoms with Gasteiger partial charge in [0, 0.05) is 15.6 Å². The first kappa shape index (κ1) is 13.3. The number of rotatable bonds is 2. The lowest BCUT2D eigenvalue weighted by atomic mass is 10.0. The molecule has 0 saturated heterocycles. The van der Waals surface area contributed by atoms with E-state index in [1.807, 2.05) is 0 Å². The number of hydrogen-bond donors (Lipinski definition) is 1. The molecule has 0 heterocycles. The van der Waals surface area contributed by atoms with Crippen molar-refractivity contribution in [3.05, 3.63) is 69.2 Å². The predicted molar refractivity (Wildman–Crippen MR) is 66.9 cm³/mol. The average molecular weight is 289 g/mol. The first-order chi connectivity index (χ1) is 8.49. The van der Waals surface area contributed by atoms with E-state index in [4.69, 9.17) is 23.2 Å². The lowest BCUT2D eigenvalue weighted by Gasteiger charge is -2.13. The van der Waals surface area contributed by atoms with Crippen molar-refractivity contribution in [2.75, 3.05) is 0 Å². The van der Waals surface area contributed by atoms with Gasteiger partial charge in [0.15, 0.2) is 11.6 Å². The van der Waals surface area contributed by atoms with Gasteiger partial charge in [0.2, 0.25) is 0 Å². The molecule has 1 N–H and O–H groups in total. The van der Waals surface area contributed by atoms with Crippen molar-refractivity contribution >= 4 is 23.2 Å². The van der Waals surface area contributed by atoms with E-state index < -0.39 is 17.7 Å². The maximum absolute atomic E-state index is 13.1. The number of hydrogen-bond acceptors (Lipinski definition) is 1. The van der Waals surface area contributed by atoms with Crippen LogP contribution >= 0.6 is 23.2 Å². The number of aliphatic hydroxyl groups is 1. The summed E-state index contributed by atoms with van der Waals surface area (Å²) in [6.45, 7) is 0. The van der Waals surface area contributed by atoms with Crippen LogP contribution in [0.3, 0.4) is 0 Å². The van der Waals surface area contributed by atoms with Gasteiger partial charge in [-0.2, -0.15) is 0 Å². The Labute approximate surface area is 113 Å². The molecule has 0 saturated carbocycles. The molecule has 18 heavy (non-hydrogen) atoms. The van der Waals surface area contributed by atoms with Gasteiger partial charge in [0.05, 0.1) is 0 Å². The summed E-state index contributed by atoms with van der Waals surface area (Å²) in [7, 11) is 0. The average Bonchev–Trinajstić information content (AvgIpc) is 2.34. The fraction of sp³-hybridized carbons (Fsp3) is 0.0769. The number of benzene rings is 2. The van der Waals surface area contributed by atoms with Gasteiger partial charge in [-0.15, -0.1) is 0 Å². The molecule has 0 aromatic heterocycles. The van der Waals surface area contributed by atoms with Crippen LogP contribution in [-0.2, 0) is 0 Å². The smallest absolute Gasteiger partial charge is 0.160 e. The van der Waals surface area contributed by atoms with Crippen molar-refractivity contribution in [1.29, 1.82) is 0 Å². The zero-order valence-electron chi connectivity index (χ0n) is 9.00. The van der Waals surface area contributed by atoms with Crippen LogP contribution in [-0.4, -0.2) is 5.11 Å². The van der Waals surface area contributed by atoms with Crippen LogP contribution in [0.1, 0.15) is 17.2 Å². The zero-order chi connectivity index (χ0) is 13.3. The van der Waals surface area contributed by atoms with Crippen LogP contribution < -0.4 is 0 Å². The molecule has 0 fully saturated rings. The molecular weight excluding hydrogens is 281 g/mol.